The van der Waals surface area contributed by atoms with E-state index in [1.807, 2.05) is 51.1 Å². The van der Waals surface area contributed by atoms with Gasteiger partial charge in [0.1, 0.15) is 12.4 Å². The lowest BCUT2D eigenvalue weighted by Gasteiger charge is -2.23. The molecule has 160 valence electrons. The molecule has 30 heavy (non-hydrogen) atoms. The standard InChI is InChI=1S/C23H28N2O5/c1-23(2,3)24-20(26)14-25(4)21(27)16-30-22(28)19-13-9-8-10-17(19)15-29-18-11-6-5-7-12-18/h5-13H,14-16H2,1-4H3,(H,24,26). The van der Waals surface area contributed by atoms with Gasteiger partial charge in [0.15, 0.2) is 6.61 Å². The van der Waals surface area contributed by atoms with Crippen molar-refractivity contribution < 1.29 is 23.9 Å². The summed E-state index contributed by atoms with van der Waals surface area (Å²) in [6.07, 6.45) is 0. The van der Waals surface area contributed by atoms with Crippen molar-refractivity contribution in [3.05, 3.63) is 65.7 Å². The first-order valence-corrected chi connectivity index (χ1v) is 9.63. The van der Waals surface area contributed by atoms with Crippen LogP contribution in [0.2, 0.25) is 0 Å². The Morgan fingerprint density at radius 1 is 0.967 bits per heavy atom. The van der Waals surface area contributed by atoms with E-state index in [2.05, 4.69) is 5.32 Å². The second kappa shape index (κ2) is 10.4. The Balaban J connectivity index is 1.90. The number of carbonyl (C=O) groups excluding carboxylic acids is 3. The van der Waals surface area contributed by atoms with Gasteiger partial charge in [-0.05, 0) is 39.0 Å². The van der Waals surface area contributed by atoms with Crippen molar-refractivity contribution in [1.29, 1.82) is 0 Å². The van der Waals surface area contributed by atoms with Gasteiger partial charge in [0.2, 0.25) is 5.91 Å². The average molecular weight is 412 g/mol. The highest BCUT2D eigenvalue weighted by Crippen LogP contribution is 2.15. The van der Waals surface area contributed by atoms with Crippen LogP contribution in [0.4, 0.5) is 0 Å². The molecule has 0 aliphatic heterocycles. The Morgan fingerprint density at radius 2 is 1.60 bits per heavy atom. The highest BCUT2D eigenvalue weighted by molar-refractivity contribution is 5.93. The van der Waals surface area contributed by atoms with E-state index >= 15 is 0 Å². The van der Waals surface area contributed by atoms with Crippen molar-refractivity contribution in [3.63, 3.8) is 0 Å². The number of benzene rings is 2. The van der Waals surface area contributed by atoms with E-state index in [-0.39, 0.29) is 24.6 Å². The number of likely N-dealkylation sites (N-methyl/N-ethyl adjacent to an activating group) is 1. The molecule has 2 amide bonds. The predicted molar refractivity (Wildman–Crippen MR) is 113 cm³/mol. The fourth-order valence-electron chi connectivity index (χ4n) is 2.60. The van der Waals surface area contributed by atoms with Crippen molar-refractivity contribution in [3.8, 4) is 5.75 Å². The molecule has 0 heterocycles. The summed E-state index contributed by atoms with van der Waals surface area (Å²) in [5, 5.41) is 2.78. The highest BCUT2D eigenvalue weighted by atomic mass is 16.5. The number of nitrogens with one attached hydrogen (secondary N) is 1. The summed E-state index contributed by atoms with van der Waals surface area (Å²) in [5.74, 6) is -0.687. The number of amides is 2. The number of esters is 1. The van der Waals surface area contributed by atoms with Gasteiger partial charge in [-0.25, -0.2) is 4.79 Å². The first-order chi connectivity index (χ1) is 14.2. The third-order valence-corrected chi connectivity index (χ3v) is 4.02. The Kier molecular flexibility index (Phi) is 7.98. The predicted octanol–water partition coefficient (Wildman–Crippen LogP) is 2.80. The van der Waals surface area contributed by atoms with Gasteiger partial charge in [-0.1, -0.05) is 36.4 Å². The Hall–Kier alpha value is -3.35. The summed E-state index contributed by atoms with van der Waals surface area (Å²) in [4.78, 5) is 37.9. The lowest BCUT2D eigenvalue weighted by Crippen LogP contribution is -2.46. The zero-order chi connectivity index (χ0) is 22.1. The lowest BCUT2D eigenvalue weighted by molar-refractivity contribution is -0.137. The first kappa shape index (κ1) is 22.9. The van der Waals surface area contributed by atoms with Gasteiger partial charge in [-0.2, -0.15) is 0 Å². The molecule has 0 saturated heterocycles. The van der Waals surface area contributed by atoms with Crippen LogP contribution >= 0.6 is 0 Å². The smallest absolute Gasteiger partial charge is 0.339 e. The summed E-state index contributed by atoms with van der Waals surface area (Å²) in [6, 6.07) is 16.2. The maximum Gasteiger partial charge on any atom is 0.339 e. The van der Waals surface area contributed by atoms with Crippen LogP contribution in [0.3, 0.4) is 0 Å². The third-order valence-electron chi connectivity index (χ3n) is 4.02. The number of nitrogens with zero attached hydrogens (tertiary/aromatic N) is 1. The number of carbonyl (C=O) groups is 3. The normalized spacial score (nSPS) is 10.8. The zero-order valence-corrected chi connectivity index (χ0v) is 17.8. The molecule has 0 aliphatic rings. The third kappa shape index (κ3) is 7.58. The molecule has 0 radical (unpaired) electrons. The second-order valence-corrected chi connectivity index (χ2v) is 7.88. The monoisotopic (exact) mass is 412 g/mol. The molecule has 1 N–H and O–H groups in total. The van der Waals surface area contributed by atoms with E-state index in [0.717, 1.165) is 0 Å². The van der Waals surface area contributed by atoms with Crippen LogP contribution < -0.4 is 10.1 Å². The molecule has 7 heteroatoms. The average Bonchev–Trinajstić information content (AvgIpc) is 2.69. The Labute approximate surface area is 177 Å². The Morgan fingerprint density at radius 3 is 2.27 bits per heavy atom. The molecule has 2 aromatic rings. The van der Waals surface area contributed by atoms with Crippen LogP contribution in [0, 0.1) is 0 Å². The molecular weight excluding hydrogens is 384 g/mol. The fourth-order valence-corrected chi connectivity index (χ4v) is 2.60. The van der Waals surface area contributed by atoms with Gasteiger partial charge in [0.25, 0.3) is 5.91 Å². The summed E-state index contributed by atoms with van der Waals surface area (Å²) in [7, 11) is 1.49. The van der Waals surface area contributed by atoms with Crippen molar-refractivity contribution in [2.45, 2.75) is 32.9 Å². The number of rotatable bonds is 8. The molecule has 0 bridgehead atoms. The van der Waals surface area contributed by atoms with Crippen LogP contribution in [0.25, 0.3) is 0 Å². The van der Waals surface area contributed by atoms with Crippen molar-refractivity contribution in [2.75, 3.05) is 20.2 Å². The van der Waals surface area contributed by atoms with Crippen LogP contribution in [-0.2, 0) is 20.9 Å². The van der Waals surface area contributed by atoms with Crippen LogP contribution in [0.15, 0.2) is 54.6 Å². The minimum Gasteiger partial charge on any atom is -0.489 e. The van der Waals surface area contributed by atoms with E-state index in [1.54, 1.807) is 24.3 Å². The van der Waals surface area contributed by atoms with Gasteiger partial charge in [0, 0.05) is 18.2 Å². The summed E-state index contributed by atoms with van der Waals surface area (Å²) < 4.78 is 10.9. The number of hydrogen-bond acceptors (Lipinski definition) is 5. The summed E-state index contributed by atoms with van der Waals surface area (Å²) in [5.41, 5.74) is 0.588. The molecule has 0 saturated carbocycles. The van der Waals surface area contributed by atoms with Crippen LogP contribution in [-0.4, -0.2) is 48.4 Å². The first-order valence-electron chi connectivity index (χ1n) is 9.63. The molecule has 0 aliphatic carbocycles. The molecule has 0 spiro atoms. The minimum absolute atomic E-state index is 0.116. The number of para-hydroxylation sites is 1. The molecule has 0 atom stereocenters. The van der Waals surface area contributed by atoms with Crippen molar-refractivity contribution in [2.24, 2.45) is 0 Å². The molecule has 7 nitrogen and oxygen atoms in total. The maximum atomic E-state index is 12.5. The highest BCUT2D eigenvalue weighted by Gasteiger charge is 2.20. The molecule has 2 rings (SSSR count). The zero-order valence-electron chi connectivity index (χ0n) is 17.8. The summed E-state index contributed by atoms with van der Waals surface area (Å²) in [6.45, 7) is 5.19. The van der Waals surface area contributed by atoms with E-state index in [4.69, 9.17) is 9.47 Å². The number of hydrogen-bond donors (Lipinski definition) is 1. The molecule has 0 unspecified atom stereocenters. The van der Waals surface area contributed by atoms with E-state index in [0.29, 0.717) is 16.9 Å². The van der Waals surface area contributed by atoms with Crippen LogP contribution in [0.1, 0.15) is 36.7 Å². The number of ether oxygens (including phenoxy) is 2. The van der Waals surface area contributed by atoms with E-state index in [1.165, 1.54) is 11.9 Å². The van der Waals surface area contributed by atoms with E-state index < -0.39 is 18.5 Å². The lowest BCUT2D eigenvalue weighted by atomic mass is 10.1. The quantitative estimate of drug-likeness (QED) is 0.674. The topological polar surface area (TPSA) is 84.9 Å². The van der Waals surface area contributed by atoms with Gasteiger partial charge in [0.05, 0.1) is 12.1 Å². The summed E-state index contributed by atoms with van der Waals surface area (Å²) >= 11 is 0. The van der Waals surface area contributed by atoms with Gasteiger partial charge in [-0.3, -0.25) is 9.59 Å². The molecule has 0 aromatic heterocycles. The largest absolute Gasteiger partial charge is 0.489 e. The van der Waals surface area contributed by atoms with E-state index in [9.17, 15) is 14.4 Å². The molecule has 2 aromatic carbocycles. The van der Waals surface area contributed by atoms with Crippen molar-refractivity contribution >= 4 is 17.8 Å². The van der Waals surface area contributed by atoms with Gasteiger partial charge >= 0.3 is 5.97 Å². The fraction of sp³-hybridized carbons (Fsp3) is 0.348. The van der Waals surface area contributed by atoms with Gasteiger partial charge < -0.3 is 19.7 Å². The molecule has 0 fully saturated rings. The Bertz CT molecular complexity index is 875. The second-order valence-electron chi connectivity index (χ2n) is 7.88. The minimum atomic E-state index is -0.622. The molecular formula is C23H28N2O5. The SMILES string of the molecule is CN(CC(=O)NC(C)(C)C)C(=O)COC(=O)c1ccccc1COc1ccccc1. The van der Waals surface area contributed by atoms with Gasteiger partial charge in [-0.15, -0.1) is 0 Å². The van der Waals surface area contributed by atoms with Crippen LogP contribution in [0.5, 0.6) is 5.75 Å². The maximum absolute atomic E-state index is 12.5. The van der Waals surface area contributed by atoms with Crippen molar-refractivity contribution in [1.82, 2.24) is 10.2 Å².